The van der Waals surface area contributed by atoms with E-state index in [4.69, 9.17) is 21.1 Å². The first-order valence-corrected chi connectivity index (χ1v) is 8.04. The molecule has 3 aromatic heterocycles. The number of ether oxygens (including phenoxy) is 2. The number of rotatable bonds is 4. The van der Waals surface area contributed by atoms with Crippen LogP contribution in [0.5, 0.6) is 17.5 Å². The van der Waals surface area contributed by atoms with E-state index in [-0.39, 0.29) is 17.2 Å². The van der Waals surface area contributed by atoms with E-state index in [1.54, 1.807) is 18.2 Å². The number of pyridine rings is 3. The van der Waals surface area contributed by atoms with Crippen LogP contribution >= 0.6 is 11.6 Å². The molecule has 0 aromatic carbocycles. The number of methoxy groups -OCH3 is 1. The zero-order valence-electron chi connectivity index (χ0n) is 14.2. The van der Waals surface area contributed by atoms with E-state index < -0.39 is 11.9 Å². The second kappa shape index (κ2) is 7.40. The molecule has 0 fully saturated rings. The molecule has 0 aliphatic rings. The summed E-state index contributed by atoms with van der Waals surface area (Å²) < 4.78 is 49.5. The number of alkyl halides is 3. The van der Waals surface area contributed by atoms with E-state index >= 15 is 0 Å². The van der Waals surface area contributed by atoms with Crippen LogP contribution in [-0.2, 0) is 6.18 Å². The fraction of sp³-hybridized carbons (Fsp3) is 0.167. The maximum absolute atomic E-state index is 12.9. The summed E-state index contributed by atoms with van der Waals surface area (Å²) in [5, 5.41) is 0.382. The maximum Gasteiger partial charge on any atom is 0.433 e. The second-order valence-electron chi connectivity index (χ2n) is 5.50. The predicted octanol–water partition coefficient (Wildman–Crippen LogP) is 5.32. The largest absolute Gasteiger partial charge is 0.481 e. The van der Waals surface area contributed by atoms with Crippen LogP contribution in [0.15, 0.2) is 42.9 Å². The Morgan fingerprint density at radius 3 is 2.44 bits per heavy atom. The Hall–Kier alpha value is -2.87. The maximum atomic E-state index is 12.9. The Balaban J connectivity index is 2.01. The molecular formula is C18H13ClF3N3O2. The SMILES string of the molecule is COc1ncc(Cl)cc1-c1cccnc1Oc1cnc(C(F)(F)F)c(C)c1. The zero-order valence-corrected chi connectivity index (χ0v) is 15.0. The van der Waals surface area contributed by atoms with Crippen molar-refractivity contribution in [1.29, 1.82) is 0 Å². The average molecular weight is 396 g/mol. The fourth-order valence-corrected chi connectivity index (χ4v) is 2.63. The predicted molar refractivity (Wildman–Crippen MR) is 93.1 cm³/mol. The molecule has 0 saturated carbocycles. The molecule has 0 bridgehead atoms. The van der Waals surface area contributed by atoms with Crippen molar-refractivity contribution in [3.63, 3.8) is 0 Å². The Bertz CT molecular complexity index is 980. The van der Waals surface area contributed by atoms with Crippen LogP contribution < -0.4 is 9.47 Å². The number of nitrogens with zero attached hydrogens (tertiary/aromatic N) is 3. The summed E-state index contributed by atoms with van der Waals surface area (Å²) in [6.45, 7) is 1.31. The van der Waals surface area contributed by atoms with Gasteiger partial charge < -0.3 is 9.47 Å². The molecule has 9 heteroatoms. The number of halogens is 4. The molecule has 0 N–H and O–H groups in total. The van der Waals surface area contributed by atoms with Crippen molar-refractivity contribution in [3.05, 3.63) is 59.1 Å². The molecule has 0 radical (unpaired) electrons. The Morgan fingerprint density at radius 1 is 1.00 bits per heavy atom. The number of hydrogen-bond donors (Lipinski definition) is 0. The summed E-state index contributed by atoms with van der Waals surface area (Å²) in [5.41, 5.74) is 0.0304. The van der Waals surface area contributed by atoms with E-state index in [2.05, 4.69) is 15.0 Å². The topological polar surface area (TPSA) is 57.1 Å². The van der Waals surface area contributed by atoms with Gasteiger partial charge in [0.1, 0.15) is 11.4 Å². The molecule has 0 amide bonds. The van der Waals surface area contributed by atoms with Gasteiger partial charge in [0, 0.05) is 18.0 Å². The molecule has 0 unspecified atom stereocenters. The monoisotopic (exact) mass is 395 g/mol. The first kappa shape index (κ1) is 18.9. The van der Waals surface area contributed by atoms with Crippen molar-refractivity contribution in [3.8, 4) is 28.6 Å². The highest BCUT2D eigenvalue weighted by molar-refractivity contribution is 6.30. The fourth-order valence-electron chi connectivity index (χ4n) is 2.47. The summed E-state index contributed by atoms with van der Waals surface area (Å²) in [5.74, 6) is 0.578. The highest BCUT2D eigenvalue weighted by Gasteiger charge is 2.34. The van der Waals surface area contributed by atoms with Crippen molar-refractivity contribution in [1.82, 2.24) is 15.0 Å². The minimum Gasteiger partial charge on any atom is -0.481 e. The molecular weight excluding hydrogens is 383 g/mol. The highest BCUT2D eigenvalue weighted by Crippen LogP contribution is 2.38. The molecule has 0 spiro atoms. The lowest BCUT2D eigenvalue weighted by Gasteiger charge is -2.14. The average Bonchev–Trinajstić information content (AvgIpc) is 2.61. The van der Waals surface area contributed by atoms with Crippen LogP contribution in [0.2, 0.25) is 5.02 Å². The lowest BCUT2D eigenvalue weighted by Crippen LogP contribution is -2.10. The van der Waals surface area contributed by atoms with Gasteiger partial charge in [0.25, 0.3) is 0 Å². The van der Waals surface area contributed by atoms with Gasteiger partial charge in [-0.3, -0.25) is 0 Å². The molecule has 0 atom stereocenters. The number of aryl methyl sites for hydroxylation is 1. The normalized spacial score (nSPS) is 11.3. The third-order valence-electron chi connectivity index (χ3n) is 3.61. The molecule has 3 aromatic rings. The Kier molecular flexibility index (Phi) is 5.18. The van der Waals surface area contributed by atoms with Gasteiger partial charge in [-0.1, -0.05) is 11.6 Å². The minimum absolute atomic E-state index is 0.0560. The van der Waals surface area contributed by atoms with Gasteiger partial charge >= 0.3 is 6.18 Å². The molecule has 3 heterocycles. The van der Waals surface area contributed by atoms with Crippen LogP contribution in [0.25, 0.3) is 11.1 Å². The van der Waals surface area contributed by atoms with E-state index in [0.29, 0.717) is 22.0 Å². The molecule has 140 valence electrons. The molecule has 5 nitrogen and oxygen atoms in total. The molecule has 0 aliphatic carbocycles. The summed E-state index contributed by atoms with van der Waals surface area (Å²) in [7, 11) is 1.46. The van der Waals surface area contributed by atoms with Crippen molar-refractivity contribution in [2.24, 2.45) is 0 Å². The molecule has 0 aliphatic heterocycles. The van der Waals surface area contributed by atoms with Crippen LogP contribution in [0.1, 0.15) is 11.3 Å². The van der Waals surface area contributed by atoms with Crippen molar-refractivity contribution in [2.45, 2.75) is 13.1 Å². The van der Waals surface area contributed by atoms with E-state index in [9.17, 15) is 13.2 Å². The van der Waals surface area contributed by atoms with Gasteiger partial charge in [-0.15, -0.1) is 0 Å². The van der Waals surface area contributed by atoms with Gasteiger partial charge in [0.05, 0.1) is 23.9 Å². The molecule has 0 saturated heterocycles. The first-order chi connectivity index (χ1) is 12.8. The number of hydrogen-bond acceptors (Lipinski definition) is 5. The first-order valence-electron chi connectivity index (χ1n) is 7.66. The summed E-state index contributed by atoms with van der Waals surface area (Å²) in [6, 6.07) is 6.27. The third kappa shape index (κ3) is 4.11. The smallest absolute Gasteiger partial charge is 0.433 e. The number of aromatic nitrogens is 3. The van der Waals surface area contributed by atoms with E-state index in [0.717, 1.165) is 6.20 Å². The van der Waals surface area contributed by atoms with Crippen LogP contribution in [0.4, 0.5) is 13.2 Å². The van der Waals surface area contributed by atoms with E-state index in [1.165, 1.54) is 32.5 Å². The van der Waals surface area contributed by atoms with Gasteiger partial charge in [-0.05, 0) is 36.8 Å². The lowest BCUT2D eigenvalue weighted by molar-refractivity contribution is -0.141. The zero-order chi connectivity index (χ0) is 19.6. The summed E-state index contributed by atoms with van der Waals surface area (Å²) >= 11 is 6.02. The van der Waals surface area contributed by atoms with Crippen LogP contribution in [0, 0.1) is 6.92 Å². The van der Waals surface area contributed by atoms with Crippen LogP contribution in [-0.4, -0.2) is 22.1 Å². The van der Waals surface area contributed by atoms with Gasteiger partial charge in [0.15, 0.2) is 0 Å². The highest BCUT2D eigenvalue weighted by atomic mass is 35.5. The Labute approximate surface area is 157 Å². The molecule has 27 heavy (non-hydrogen) atoms. The Morgan fingerprint density at radius 2 is 1.78 bits per heavy atom. The summed E-state index contributed by atoms with van der Waals surface area (Å²) in [6.07, 6.45) is -0.599. The van der Waals surface area contributed by atoms with E-state index in [1.807, 2.05) is 0 Å². The van der Waals surface area contributed by atoms with Crippen molar-refractivity contribution in [2.75, 3.05) is 7.11 Å². The van der Waals surface area contributed by atoms with Crippen LogP contribution in [0.3, 0.4) is 0 Å². The third-order valence-corrected chi connectivity index (χ3v) is 3.82. The van der Waals surface area contributed by atoms with Crippen molar-refractivity contribution < 1.29 is 22.6 Å². The minimum atomic E-state index is -4.53. The molecule has 3 rings (SSSR count). The lowest BCUT2D eigenvalue weighted by atomic mass is 10.1. The quantitative estimate of drug-likeness (QED) is 0.598. The van der Waals surface area contributed by atoms with Gasteiger partial charge in [-0.2, -0.15) is 13.2 Å². The van der Waals surface area contributed by atoms with Crippen molar-refractivity contribution >= 4 is 11.6 Å². The standard InChI is InChI=1S/C18H13ClF3N3O2/c1-10-6-12(9-24-15(10)18(20,21)22)27-17-13(4-3-5-23-17)14-7-11(19)8-25-16(14)26-2/h3-9H,1-2H3. The van der Waals surface area contributed by atoms with Gasteiger partial charge in [0.2, 0.25) is 11.8 Å². The summed E-state index contributed by atoms with van der Waals surface area (Å²) in [4.78, 5) is 11.7. The van der Waals surface area contributed by atoms with Gasteiger partial charge in [-0.25, -0.2) is 15.0 Å². The second-order valence-corrected chi connectivity index (χ2v) is 5.94.